The highest BCUT2D eigenvalue weighted by atomic mass is 35.5. The van der Waals surface area contributed by atoms with E-state index in [9.17, 15) is 14.7 Å². The zero-order valence-corrected chi connectivity index (χ0v) is 12.2. The number of carboxylic acid groups (broad SMARTS) is 1. The quantitative estimate of drug-likeness (QED) is 0.839. The lowest BCUT2D eigenvalue weighted by Gasteiger charge is -2.18. The van der Waals surface area contributed by atoms with Crippen molar-refractivity contribution in [1.29, 1.82) is 0 Å². The Balaban J connectivity index is 3.15. The standard InChI is InChI=1S/C13H16ClNO5/c1-4-15-12(16)7(2)20-11-9(13(17)18)5-8(14)6-10(11)19-3/h5-7H,4H2,1-3H3,(H,15,16)(H,17,18). The Kier molecular flexibility index (Phi) is 5.64. The van der Waals surface area contributed by atoms with Crippen LogP contribution in [0.2, 0.25) is 5.02 Å². The molecule has 0 bridgehead atoms. The predicted octanol–water partition coefficient (Wildman–Crippen LogP) is 1.95. The molecule has 0 aliphatic rings. The lowest BCUT2D eigenvalue weighted by Crippen LogP contribution is -2.36. The maximum Gasteiger partial charge on any atom is 0.339 e. The highest BCUT2D eigenvalue weighted by Crippen LogP contribution is 2.35. The number of methoxy groups -OCH3 is 1. The van der Waals surface area contributed by atoms with Crippen molar-refractivity contribution >= 4 is 23.5 Å². The van der Waals surface area contributed by atoms with Crippen LogP contribution in [0.15, 0.2) is 12.1 Å². The molecule has 1 atom stereocenters. The van der Waals surface area contributed by atoms with Crippen molar-refractivity contribution in [3.8, 4) is 11.5 Å². The van der Waals surface area contributed by atoms with E-state index >= 15 is 0 Å². The Bertz CT molecular complexity index is 518. The number of amides is 1. The third-order valence-corrected chi connectivity index (χ3v) is 2.70. The van der Waals surface area contributed by atoms with E-state index in [4.69, 9.17) is 21.1 Å². The molecule has 7 heteroatoms. The molecule has 2 N–H and O–H groups in total. The van der Waals surface area contributed by atoms with Gasteiger partial charge in [-0.05, 0) is 19.9 Å². The van der Waals surface area contributed by atoms with Gasteiger partial charge in [-0.3, -0.25) is 4.79 Å². The molecule has 6 nitrogen and oxygen atoms in total. The number of benzene rings is 1. The maximum absolute atomic E-state index is 11.6. The number of carbonyl (C=O) groups excluding carboxylic acids is 1. The van der Waals surface area contributed by atoms with Crippen LogP contribution in [0.25, 0.3) is 0 Å². The van der Waals surface area contributed by atoms with Gasteiger partial charge in [-0.1, -0.05) is 11.6 Å². The Morgan fingerprint density at radius 3 is 2.60 bits per heavy atom. The van der Waals surface area contributed by atoms with Gasteiger partial charge < -0.3 is 19.9 Å². The van der Waals surface area contributed by atoms with E-state index in [0.29, 0.717) is 6.54 Å². The number of ether oxygens (including phenoxy) is 2. The fourth-order valence-electron chi connectivity index (χ4n) is 1.55. The molecule has 20 heavy (non-hydrogen) atoms. The molecule has 0 spiro atoms. The van der Waals surface area contributed by atoms with Crippen LogP contribution in [-0.2, 0) is 4.79 Å². The van der Waals surface area contributed by atoms with E-state index in [1.165, 1.54) is 26.2 Å². The normalized spacial score (nSPS) is 11.6. The Hall–Kier alpha value is -1.95. The van der Waals surface area contributed by atoms with Gasteiger partial charge in [-0.25, -0.2) is 4.79 Å². The maximum atomic E-state index is 11.6. The van der Waals surface area contributed by atoms with Crippen LogP contribution in [-0.4, -0.2) is 36.7 Å². The van der Waals surface area contributed by atoms with E-state index < -0.39 is 12.1 Å². The first-order valence-electron chi connectivity index (χ1n) is 5.95. The lowest BCUT2D eigenvalue weighted by atomic mass is 10.2. The first kappa shape index (κ1) is 16.1. The summed E-state index contributed by atoms with van der Waals surface area (Å²) in [6.07, 6.45) is -0.858. The molecule has 0 radical (unpaired) electrons. The number of hydrogen-bond donors (Lipinski definition) is 2. The van der Waals surface area contributed by atoms with E-state index in [0.717, 1.165) is 0 Å². The summed E-state index contributed by atoms with van der Waals surface area (Å²) in [6.45, 7) is 3.75. The fourth-order valence-corrected chi connectivity index (χ4v) is 1.76. The number of nitrogens with one attached hydrogen (secondary N) is 1. The number of halogens is 1. The summed E-state index contributed by atoms with van der Waals surface area (Å²) in [7, 11) is 1.36. The summed E-state index contributed by atoms with van der Waals surface area (Å²) in [5.41, 5.74) is -0.162. The zero-order valence-electron chi connectivity index (χ0n) is 11.4. The Labute approximate surface area is 121 Å². The molecule has 0 fully saturated rings. The average molecular weight is 302 g/mol. The number of aromatic carboxylic acids is 1. The molecule has 1 rings (SSSR count). The zero-order chi connectivity index (χ0) is 15.3. The molecule has 0 heterocycles. The van der Waals surface area contributed by atoms with Gasteiger partial charge in [0.15, 0.2) is 17.6 Å². The summed E-state index contributed by atoms with van der Waals surface area (Å²) < 4.78 is 10.5. The molecular weight excluding hydrogens is 286 g/mol. The van der Waals surface area contributed by atoms with E-state index in [1.54, 1.807) is 6.92 Å². The average Bonchev–Trinajstić information content (AvgIpc) is 2.39. The Morgan fingerprint density at radius 2 is 2.10 bits per heavy atom. The predicted molar refractivity (Wildman–Crippen MR) is 73.7 cm³/mol. The molecule has 0 saturated carbocycles. The summed E-state index contributed by atoms with van der Waals surface area (Å²) >= 11 is 5.82. The molecule has 110 valence electrons. The minimum atomic E-state index is -1.22. The van der Waals surface area contributed by atoms with Gasteiger partial charge in [0.2, 0.25) is 0 Å². The van der Waals surface area contributed by atoms with E-state index in [2.05, 4.69) is 5.32 Å². The van der Waals surface area contributed by atoms with Crippen molar-refractivity contribution in [3.63, 3.8) is 0 Å². The van der Waals surface area contributed by atoms with Crippen LogP contribution < -0.4 is 14.8 Å². The van der Waals surface area contributed by atoms with Crippen molar-refractivity contribution in [3.05, 3.63) is 22.7 Å². The van der Waals surface area contributed by atoms with Crippen LogP contribution in [0.1, 0.15) is 24.2 Å². The smallest absolute Gasteiger partial charge is 0.339 e. The Morgan fingerprint density at radius 1 is 1.45 bits per heavy atom. The van der Waals surface area contributed by atoms with Crippen molar-refractivity contribution in [2.24, 2.45) is 0 Å². The van der Waals surface area contributed by atoms with Gasteiger partial charge in [-0.15, -0.1) is 0 Å². The first-order chi connectivity index (χ1) is 9.40. The summed E-state index contributed by atoms with van der Waals surface area (Å²) in [5.74, 6) is -1.43. The summed E-state index contributed by atoms with van der Waals surface area (Å²) in [5, 5.41) is 12.0. The van der Waals surface area contributed by atoms with Gasteiger partial charge in [0, 0.05) is 17.6 Å². The third-order valence-electron chi connectivity index (χ3n) is 2.48. The second-order valence-corrected chi connectivity index (χ2v) is 4.38. The highest BCUT2D eigenvalue weighted by molar-refractivity contribution is 6.31. The SMILES string of the molecule is CCNC(=O)C(C)Oc1c(OC)cc(Cl)cc1C(=O)O. The highest BCUT2D eigenvalue weighted by Gasteiger charge is 2.23. The minimum absolute atomic E-state index is 0.0249. The monoisotopic (exact) mass is 301 g/mol. The van der Waals surface area contributed by atoms with Crippen LogP contribution in [0.4, 0.5) is 0 Å². The van der Waals surface area contributed by atoms with Crippen LogP contribution in [0.5, 0.6) is 11.5 Å². The first-order valence-corrected chi connectivity index (χ1v) is 6.33. The number of likely N-dealkylation sites (N-methyl/N-ethyl adjacent to an activating group) is 1. The molecule has 1 amide bonds. The van der Waals surface area contributed by atoms with Crippen molar-refractivity contribution < 1.29 is 24.2 Å². The van der Waals surface area contributed by atoms with Gasteiger partial charge in [0.1, 0.15) is 5.56 Å². The van der Waals surface area contributed by atoms with Crippen molar-refractivity contribution in [2.45, 2.75) is 20.0 Å². The molecule has 1 aromatic rings. The lowest BCUT2D eigenvalue weighted by molar-refractivity contribution is -0.127. The van der Waals surface area contributed by atoms with Crippen molar-refractivity contribution in [1.82, 2.24) is 5.32 Å². The largest absolute Gasteiger partial charge is 0.493 e. The summed E-state index contributed by atoms with van der Waals surface area (Å²) in [6, 6.07) is 2.67. The third kappa shape index (κ3) is 3.77. The molecule has 0 aliphatic heterocycles. The number of carbonyl (C=O) groups is 2. The second kappa shape index (κ2) is 7.00. The molecule has 0 aromatic heterocycles. The number of hydrogen-bond acceptors (Lipinski definition) is 4. The molecule has 1 unspecified atom stereocenters. The molecule has 0 aliphatic carbocycles. The van der Waals surface area contributed by atoms with Crippen LogP contribution >= 0.6 is 11.6 Å². The van der Waals surface area contributed by atoms with Crippen LogP contribution in [0.3, 0.4) is 0 Å². The summed E-state index contributed by atoms with van der Waals surface area (Å²) in [4.78, 5) is 22.9. The van der Waals surface area contributed by atoms with Gasteiger partial charge in [0.25, 0.3) is 5.91 Å². The van der Waals surface area contributed by atoms with E-state index in [-0.39, 0.29) is 28.0 Å². The minimum Gasteiger partial charge on any atom is -0.493 e. The van der Waals surface area contributed by atoms with Gasteiger partial charge >= 0.3 is 5.97 Å². The number of rotatable bonds is 6. The number of carboxylic acids is 1. The van der Waals surface area contributed by atoms with Crippen molar-refractivity contribution in [2.75, 3.05) is 13.7 Å². The molecule has 1 aromatic carbocycles. The van der Waals surface area contributed by atoms with E-state index in [1.807, 2.05) is 0 Å². The topological polar surface area (TPSA) is 84.9 Å². The van der Waals surface area contributed by atoms with Gasteiger partial charge in [-0.2, -0.15) is 0 Å². The fraction of sp³-hybridized carbons (Fsp3) is 0.385. The van der Waals surface area contributed by atoms with Crippen LogP contribution in [0, 0.1) is 0 Å². The molecular formula is C13H16ClNO5. The second-order valence-electron chi connectivity index (χ2n) is 3.94. The van der Waals surface area contributed by atoms with Gasteiger partial charge in [0.05, 0.1) is 7.11 Å². The molecule has 0 saturated heterocycles.